The average molecular weight is 387 g/mol. The van der Waals surface area contributed by atoms with E-state index in [-0.39, 0.29) is 6.61 Å². The summed E-state index contributed by atoms with van der Waals surface area (Å²) < 4.78 is 43.5. The van der Waals surface area contributed by atoms with Gasteiger partial charge < -0.3 is 19.3 Å². The maximum absolute atomic E-state index is 11.2. The molecule has 11 heteroatoms. The van der Waals surface area contributed by atoms with E-state index < -0.39 is 47.4 Å². The van der Waals surface area contributed by atoms with Gasteiger partial charge >= 0.3 is 0 Å². The molecule has 1 N–H and O–H groups in total. The number of ether oxygens (including phenoxy) is 3. The molecule has 1 fully saturated rings. The molecule has 2 rings (SSSR count). The molecule has 144 valence electrons. The molecule has 0 unspecified atom stereocenters. The first-order chi connectivity index (χ1) is 12.4. The highest BCUT2D eigenvalue weighted by atomic mass is 32.2. The fraction of sp³-hybridized carbons (Fsp3) is 0.600. The normalized spacial score (nSPS) is 29.1. The molecular weight excluding hydrogens is 366 g/mol. The zero-order valence-electron chi connectivity index (χ0n) is 14.3. The third-order valence-corrected chi connectivity index (χ3v) is 4.36. The van der Waals surface area contributed by atoms with E-state index in [1.54, 1.807) is 0 Å². The summed E-state index contributed by atoms with van der Waals surface area (Å²) in [7, 11) is -2.38. The van der Waals surface area contributed by atoms with Crippen molar-refractivity contribution in [3.8, 4) is 0 Å². The third-order valence-electron chi connectivity index (χ3n) is 3.79. The van der Waals surface area contributed by atoms with E-state index in [4.69, 9.17) is 23.9 Å². The van der Waals surface area contributed by atoms with E-state index in [1.165, 1.54) is 7.11 Å². The zero-order valence-corrected chi connectivity index (χ0v) is 15.2. The second-order valence-corrected chi connectivity index (χ2v) is 7.36. The van der Waals surface area contributed by atoms with Crippen LogP contribution in [0.3, 0.4) is 0 Å². The van der Waals surface area contributed by atoms with Crippen molar-refractivity contribution in [3.05, 3.63) is 46.3 Å². The molecule has 0 radical (unpaired) electrons. The Morgan fingerprint density at radius 3 is 2.62 bits per heavy atom. The molecule has 1 aliphatic heterocycles. The predicted octanol–water partition coefficient (Wildman–Crippen LogP) is 0.959. The van der Waals surface area contributed by atoms with Gasteiger partial charge in [-0.25, -0.2) is 0 Å². The molecule has 1 aromatic rings. The van der Waals surface area contributed by atoms with Gasteiger partial charge in [0, 0.05) is 12.0 Å². The van der Waals surface area contributed by atoms with E-state index in [0.717, 1.165) is 11.8 Å². The fourth-order valence-corrected chi connectivity index (χ4v) is 2.95. The SMILES string of the molecule is CO[C@H]1O[C@H](COS(C)(=O)=O)[C@@H](O)[C@H](OCc2ccccc2)[C@H]1N=[N+]=[N-]. The summed E-state index contributed by atoms with van der Waals surface area (Å²) in [6, 6.07) is 8.25. The summed E-state index contributed by atoms with van der Waals surface area (Å²) in [4.78, 5) is 2.75. The van der Waals surface area contributed by atoms with E-state index in [9.17, 15) is 13.5 Å². The lowest BCUT2D eigenvalue weighted by molar-refractivity contribution is -0.265. The van der Waals surface area contributed by atoms with Crippen LogP contribution in [0.4, 0.5) is 0 Å². The third kappa shape index (κ3) is 5.64. The fourth-order valence-electron chi connectivity index (χ4n) is 2.57. The van der Waals surface area contributed by atoms with Crippen LogP contribution in [0.15, 0.2) is 35.4 Å². The Hall–Kier alpha value is -1.72. The molecule has 0 aliphatic carbocycles. The molecule has 26 heavy (non-hydrogen) atoms. The molecule has 10 nitrogen and oxygen atoms in total. The summed E-state index contributed by atoms with van der Waals surface area (Å²) in [5.41, 5.74) is 9.65. The van der Waals surface area contributed by atoms with Crippen LogP contribution in [0.2, 0.25) is 0 Å². The number of aliphatic hydroxyl groups is 1. The smallest absolute Gasteiger partial charge is 0.264 e. The number of aliphatic hydroxyl groups excluding tert-OH is 1. The van der Waals surface area contributed by atoms with Crippen molar-refractivity contribution in [2.24, 2.45) is 5.11 Å². The summed E-state index contributed by atoms with van der Waals surface area (Å²) in [5.74, 6) is 0. The number of benzene rings is 1. The van der Waals surface area contributed by atoms with Gasteiger partial charge in [-0.3, -0.25) is 4.18 Å². The Kier molecular flexibility index (Phi) is 7.35. The Bertz CT molecular complexity index is 724. The minimum atomic E-state index is -3.72. The minimum absolute atomic E-state index is 0.149. The van der Waals surface area contributed by atoms with Crippen LogP contribution in [0.25, 0.3) is 10.4 Å². The van der Waals surface area contributed by atoms with Gasteiger partial charge in [-0.15, -0.1) is 0 Å². The topological polar surface area (TPSA) is 140 Å². The average Bonchev–Trinajstić information content (AvgIpc) is 2.61. The van der Waals surface area contributed by atoms with Gasteiger partial charge in [0.05, 0.1) is 25.6 Å². The number of hydrogen-bond donors (Lipinski definition) is 1. The Morgan fingerprint density at radius 2 is 2.04 bits per heavy atom. The lowest BCUT2D eigenvalue weighted by atomic mass is 9.97. The van der Waals surface area contributed by atoms with E-state index in [2.05, 4.69) is 10.0 Å². The minimum Gasteiger partial charge on any atom is -0.388 e. The van der Waals surface area contributed by atoms with Gasteiger partial charge in [0.1, 0.15) is 18.2 Å². The van der Waals surface area contributed by atoms with Crippen molar-refractivity contribution < 1.29 is 31.9 Å². The molecule has 0 spiro atoms. The van der Waals surface area contributed by atoms with Gasteiger partial charge in [-0.05, 0) is 11.1 Å². The van der Waals surface area contributed by atoms with Gasteiger partial charge in [-0.2, -0.15) is 8.42 Å². The molecule has 1 aromatic carbocycles. The Balaban J connectivity index is 2.17. The predicted molar refractivity (Wildman–Crippen MR) is 90.4 cm³/mol. The molecule has 0 amide bonds. The lowest BCUT2D eigenvalue weighted by Crippen LogP contribution is -2.59. The lowest BCUT2D eigenvalue weighted by Gasteiger charge is -2.42. The molecule has 0 saturated carbocycles. The maximum atomic E-state index is 11.2. The number of methoxy groups -OCH3 is 1. The largest absolute Gasteiger partial charge is 0.388 e. The molecule has 5 atom stereocenters. The van der Waals surface area contributed by atoms with Crippen LogP contribution in [0.5, 0.6) is 0 Å². The van der Waals surface area contributed by atoms with E-state index >= 15 is 0 Å². The van der Waals surface area contributed by atoms with Crippen molar-refractivity contribution in [3.63, 3.8) is 0 Å². The van der Waals surface area contributed by atoms with Crippen LogP contribution < -0.4 is 0 Å². The molecule has 1 aliphatic rings. The van der Waals surface area contributed by atoms with Crippen molar-refractivity contribution in [1.82, 2.24) is 0 Å². The van der Waals surface area contributed by atoms with Crippen LogP contribution >= 0.6 is 0 Å². The van der Waals surface area contributed by atoms with Crippen LogP contribution in [-0.4, -0.2) is 64.1 Å². The number of azide groups is 1. The monoisotopic (exact) mass is 387 g/mol. The van der Waals surface area contributed by atoms with Crippen LogP contribution in [-0.2, 0) is 35.1 Å². The standard InChI is InChI=1S/C15H21N3O7S/c1-22-15-12(17-18-16)14(23-8-10-6-4-3-5-7-10)13(19)11(25-15)9-24-26(2,20)21/h3-7,11-15,19H,8-9H2,1-2H3/t11-,12-,13-,14-,15+/m1/s1. The molecule has 1 heterocycles. The van der Waals surface area contributed by atoms with Crippen LogP contribution in [0, 0.1) is 0 Å². The Labute approximate surface area is 151 Å². The summed E-state index contributed by atoms with van der Waals surface area (Å²) in [6.45, 7) is -0.274. The first-order valence-corrected chi connectivity index (χ1v) is 9.58. The van der Waals surface area contributed by atoms with E-state index in [1.807, 2.05) is 30.3 Å². The van der Waals surface area contributed by atoms with Gasteiger partial charge in [-0.1, -0.05) is 35.4 Å². The molecule has 1 saturated heterocycles. The molecule has 0 bridgehead atoms. The van der Waals surface area contributed by atoms with Crippen molar-refractivity contribution in [2.75, 3.05) is 20.0 Å². The molecular formula is C15H21N3O7S. The highest BCUT2D eigenvalue weighted by Gasteiger charge is 2.46. The summed E-state index contributed by atoms with van der Waals surface area (Å²) >= 11 is 0. The first kappa shape index (κ1) is 20.6. The number of rotatable bonds is 8. The quantitative estimate of drug-likeness (QED) is 0.303. The number of hydrogen-bond acceptors (Lipinski definition) is 8. The second kappa shape index (κ2) is 9.28. The van der Waals surface area contributed by atoms with Crippen molar-refractivity contribution in [2.45, 2.75) is 37.3 Å². The number of nitrogens with zero attached hydrogens (tertiary/aromatic N) is 3. The van der Waals surface area contributed by atoms with Crippen LogP contribution in [0.1, 0.15) is 5.56 Å². The van der Waals surface area contributed by atoms with Crippen molar-refractivity contribution >= 4 is 10.1 Å². The first-order valence-electron chi connectivity index (χ1n) is 7.76. The van der Waals surface area contributed by atoms with Crippen molar-refractivity contribution in [1.29, 1.82) is 0 Å². The van der Waals surface area contributed by atoms with Gasteiger partial charge in [0.25, 0.3) is 10.1 Å². The summed E-state index contributed by atoms with van der Waals surface area (Å²) in [5, 5.41) is 14.2. The summed E-state index contributed by atoms with van der Waals surface area (Å²) in [6.07, 6.45) is -3.44. The van der Waals surface area contributed by atoms with E-state index in [0.29, 0.717) is 0 Å². The zero-order chi connectivity index (χ0) is 19.2. The van der Waals surface area contributed by atoms with Gasteiger partial charge in [0.15, 0.2) is 6.29 Å². The van der Waals surface area contributed by atoms with Gasteiger partial charge in [0.2, 0.25) is 0 Å². The highest BCUT2D eigenvalue weighted by Crippen LogP contribution is 2.28. The molecule has 0 aromatic heterocycles. The second-order valence-electron chi connectivity index (χ2n) is 5.71. The maximum Gasteiger partial charge on any atom is 0.264 e. The highest BCUT2D eigenvalue weighted by molar-refractivity contribution is 7.85. The Morgan fingerprint density at radius 1 is 1.35 bits per heavy atom.